The van der Waals surface area contributed by atoms with E-state index in [2.05, 4.69) is 5.32 Å². The third-order valence-electron chi connectivity index (χ3n) is 3.57. The fraction of sp³-hybridized carbons (Fsp3) is 0.500. The lowest BCUT2D eigenvalue weighted by molar-refractivity contribution is -0.384. The molecule has 1 heterocycles. The largest absolute Gasteiger partial charge is 0.337 e. The van der Waals surface area contributed by atoms with Crippen molar-refractivity contribution in [1.29, 1.82) is 0 Å². The number of amides is 1. The predicted molar refractivity (Wildman–Crippen MR) is 82.7 cm³/mol. The Balaban J connectivity index is 0.00000220. The second kappa shape index (κ2) is 7.95. The highest BCUT2D eigenvalue weighted by Crippen LogP contribution is 2.15. The van der Waals surface area contributed by atoms with Gasteiger partial charge in [-0.15, -0.1) is 12.4 Å². The smallest absolute Gasteiger partial charge is 0.269 e. The highest BCUT2D eigenvalue weighted by molar-refractivity contribution is 5.85. The number of aryl methyl sites for hydroxylation is 1. The molecule has 1 aliphatic heterocycles. The summed E-state index contributed by atoms with van der Waals surface area (Å²) in [6, 6.07) is 6.69. The molecule has 0 aromatic heterocycles. The van der Waals surface area contributed by atoms with Crippen molar-refractivity contribution in [3.05, 3.63) is 39.9 Å². The maximum Gasteiger partial charge on any atom is 0.269 e. The molecule has 6 nitrogen and oxygen atoms in total. The van der Waals surface area contributed by atoms with Crippen LogP contribution >= 0.6 is 12.4 Å². The molecule has 1 N–H and O–H groups in total. The summed E-state index contributed by atoms with van der Waals surface area (Å²) in [5.41, 5.74) is 0.904. The van der Waals surface area contributed by atoms with Gasteiger partial charge in [-0.1, -0.05) is 12.1 Å². The molecule has 1 aromatic carbocycles. The highest BCUT2D eigenvalue weighted by Gasteiger charge is 2.22. The first kappa shape index (κ1) is 17.4. The van der Waals surface area contributed by atoms with Gasteiger partial charge in [0.05, 0.1) is 4.92 Å². The van der Waals surface area contributed by atoms with Gasteiger partial charge in [-0.3, -0.25) is 14.9 Å². The molecular weight excluding hydrogens is 294 g/mol. The zero-order valence-electron chi connectivity index (χ0n) is 11.9. The molecular formula is C14H20ClN3O3. The van der Waals surface area contributed by atoms with Crippen molar-refractivity contribution in [2.45, 2.75) is 25.8 Å². The molecule has 0 radical (unpaired) electrons. The van der Waals surface area contributed by atoms with E-state index in [0.29, 0.717) is 12.8 Å². The van der Waals surface area contributed by atoms with E-state index in [0.717, 1.165) is 25.2 Å². The van der Waals surface area contributed by atoms with Crippen molar-refractivity contribution >= 4 is 24.0 Å². The Bertz CT molecular complexity index is 510. The molecule has 1 aromatic rings. The van der Waals surface area contributed by atoms with Gasteiger partial charge in [-0.25, -0.2) is 0 Å². The summed E-state index contributed by atoms with van der Waals surface area (Å²) < 4.78 is 0. The zero-order chi connectivity index (χ0) is 14.5. The molecule has 2 rings (SSSR count). The average molecular weight is 314 g/mol. The second-order valence-electron chi connectivity index (χ2n) is 5.07. The van der Waals surface area contributed by atoms with Crippen molar-refractivity contribution in [1.82, 2.24) is 10.2 Å². The number of rotatable bonds is 4. The van der Waals surface area contributed by atoms with Gasteiger partial charge >= 0.3 is 0 Å². The zero-order valence-corrected chi connectivity index (χ0v) is 12.8. The number of nitro groups is 1. The lowest BCUT2D eigenvalue weighted by Crippen LogP contribution is -2.52. The maximum absolute atomic E-state index is 12.2. The van der Waals surface area contributed by atoms with E-state index >= 15 is 0 Å². The van der Waals surface area contributed by atoms with Crippen LogP contribution in [0.15, 0.2) is 24.3 Å². The first-order valence-corrected chi connectivity index (χ1v) is 6.81. The van der Waals surface area contributed by atoms with Gasteiger partial charge in [0, 0.05) is 44.2 Å². The summed E-state index contributed by atoms with van der Waals surface area (Å²) in [5.74, 6) is 0.116. The van der Waals surface area contributed by atoms with Gasteiger partial charge in [-0.05, 0) is 18.9 Å². The first-order chi connectivity index (χ1) is 9.58. The fourth-order valence-electron chi connectivity index (χ4n) is 2.43. The number of halogens is 1. The summed E-state index contributed by atoms with van der Waals surface area (Å²) >= 11 is 0. The van der Waals surface area contributed by atoms with Crippen LogP contribution in [0.5, 0.6) is 0 Å². The minimum atomic E-state index is -0.413. The summed E-state index contributed by atoms with van der Waals surface area (Å²) in [6.07, 6.45) is 0.933. The number of nitro benzene ring substituents is 1. The molecule has 0 unspecified atom stereocenters. The lowest BCUT2D eigenvalue weighted by Gasteiger charge is -2.34. The van der Waals surface area contributed by atoms with Crippen LogP contribution in [0.3, 0.4) is 0 Å². The fourth-order valence-corrected chi connectivity index (χ4v) is 2.43. The van der Waals surface area contributed by atoms with Crippen molar-refractivity contribution < 1.29 is 9.72 Å². The highest BCUT2D eigenvalue weighted by atomic mass is 35.5. The third kappa shape index (κ3) is 4.68. The number of nitrogens with zero attached hydrogens (tertiary/aromatic N) is 2. The number of carbonyl (C=O) groups is 1. The maximum atomic E-state index is 12.2. The van der Waals surface area contributed by atoms with E-state index in [9.17, 15) is 14.9 Å². The Hall–Kier alpha value is -1.66. The minimum Gasteiger partial charge on any atom is -0.337 e. The van der Waals surface area contributed by atoms with E-state index in [4.69, 9.17) is 0 Å². The van der Waals surface area contributed by atoms with Crippen LogP contribution in [0.25, 0.3) is 0 Å². The van der Waals surface area contributed by atoms with Crippen molar-refractivity contribution in [3.63, 3.8) is 0 Å². The summed E-state index contributed by atoms with van der Waals surface area (Å²) in [6.45, 7) is 4.40. The molecule has 0 saturated carbocycles. The van der Waals surface area contributed by atoms with Gasteiger partial charge in [-0.2, -0.15) is 0 Å². The van der Waals surface area contributed by atoms with Crippen LogP contribution < -0.4 is 5.32 Å². The molecule has 116 valence electrons. The van der Waals surface area contributed by atoms with Crippen LogP contribution in [-0.2, 0) is 11.2 Å². The van der Waals surface area contributed by atoms with E-state index in [1.165, 1.54) is 12.1 Å². The van der Waals surface area contributed by atoms with E-state index < -0.39 is 4.92 Å². The summed E-state index contributed by atoms with van der Waals surface area (Å²) in [4.78, 5) is 24.3. The standard InChI is InChI=1S/C14H19N3O3.ClH/c1-11-10-15-7-8-16(11)14(18)6-5-12-3-2-4-13(9-12)17(19)20;/h2-4,9,11,15H,5-8,10H2,1H3;1H/t11-;/m1./s1. The lowest BCUT2D eigenvalue weighted by atomic mass is 10.1. The first-order valence-electron chi connectivity index (χ1n) is 6.81. The van der Waals surface area contributed by atoms with Gasteiger partial charge in [0.25, 0.3) is 5.69 Å². The molecule has 21 heavy (non-hydrogen) atoms. The number of hydrogen-bond donors (Lipinski definition) is 1. The van der Waals surface area contributed by atoms with Crippen LogP contribution in [-0.4, -0.2) is 41.4 Å². The van der Waals surface area contributed by atoms with Gasteiger partial charge < -0.3 is 10.2 Å². The molecule has 1 fully saturated rings. The molecule has 0 spiro atoms. The Morgan fingerprint density at radius 1 is 1.52 bits per heavy atom. The van der Waals surface area contributed by atoms with E-state index in [1.807, 2.05) is 17.9 Å². The van der Waals surface area contributed by atoms with E-state index in [1.54, 1.807) is 6.07 Å². The number of nitrogens with one attached hydrogen (secondary N) is 1. The number of non-ortho nitro benzene ring substituents is 1. The van der Waals surface area contributed by atoms with Crippen LogP contribution in [0.4, 0.5) is 5.69 Å². The normalized spacial score (nSPS) is 18.0. The Kier molecular flexibility index (Phi) is 6.58. The quantitative estimate of drug-likeness (QED) is 0.679. The Labute approximate surface area is 130 Å². The number of benzene rings is 1. The average Bonchev–Trinajstić information content (AvgIpc) is 2.45. The molecule has 0 bridgehead atoms. The van der Waals surface area contributed by atoms with Crippen LogP contribution in [0, 0.1) is 10.1 Å². The monoisotopic (exact) mass is 313 g/mol. The topological polar surface area (TPSA) is 75.5 Å². The summed E-state index contributed by atoms with van der Waals surface area (Å²) in [5, 5.41) is 13.9. The van der Waals surface area contributed by atoms with Crippen LogP contribution in [0.1, 0.15) is 18.9 Å². The molecule has 1 amide bonds. The molecule has 7 heteroatoms. The second-order valence-corrected chi connectivity index (χ2v) is 5.07. The SMILES string of the molecule is C[C@@H]1CNCCN1C(=O)CCc1cccc([N+](=O)[O-])c1.Cl. The minimum absolute atomic E-state index is 0. The van der Waals surface area contributed by atoms with Crippen molar-refractivity contribution in [2.75, 3.05) is 19.6 Å². The van der Waals surface area contributed by atoms with Crippen LogP contribution in [0.2, 0.25) is 0 Å². The predicted octanol–water partition coefficient (Wildman–Crippen LogP) is 1.77. The van der Waals surface area contributed by atoms with Gasteiger partial charge in [0.15, 0.2) is 0 Å². The summed E-state index contributed by atoms with van der Waals surface area (Å²) in [7, 11) is 0. The Morgan fingerprint density at radius 3 is 2.95 bits per heavy atom. The van der Waals surface area contributed by atoms with Gasteiger partial charge in [0.1, 0.15) is 0 Å². The molecule has 1 saturated heterocycles. The molecule has 1 aliphatic rings. The number of piperazine rings is 1. The van der Waals surface area contributed by atoms with Crippen molar-refractivity contribution in [3.8, 4) is 0 Å². The van der Waals surface area contributed by atoms with E-state index in [-0.39, 0.29) is 30.0 Å². The number of hydrogen-bond acceptors (Lipinski definition) is 4. The Morgan fingerprint density at radius 2 is 2.29 bits per heavy atom. The number of carbonyl (C=O) groups excluding carboxylic acids is 1. The molecule has 1 atom stereocenters. The third-order valence-corrected chi connectivity index (χ3v) is 3.57. The van der Waals surface area contributed by atoms with Gasteiger partial charge in [0.2, 0.25) is 5.91 Å². The molecule has 0 aliphatic carbocycles. The van der Waals surface area contributed by atoms with Crippen molar-refractivity contribution in [2.24, 2.45) is 0 Å².